The van der Waals surface area contributed by atoms with Gasteiger partial charge in [-0.05, 0) is 56.4 Å². The van der Waals surface area contributed by atoms with Crippen LogP contribution in [0, 0.1) is 0 Å². The van der Waals surface area contributed by atoms with E-state index < -0.39 is 0 Å². The highest BCUT2D eigenvalue weighted by Gasteiger charge is 2.10. The van der Waals surface area contributed by atoms with E-state index in [0.29, 0.717) is 36.0 Å². The molecule has 27 heavy (non-hydrogen) atoms. The first-order valence-corrected chi connectivity index (χ1v) is 8.99. The van der Waals surface area contributed by atoms with Crippen molar-refractivity contribution in [3.8, 4) is 11.5 Å². The topological polar surface area (TPSA) is 68.8 Å². The van der Waals surface area contributed by atoms with E-state index in [2.05, 4.69) is 10.6 Å². The monoisotopic (exact) mass is 388 g/mol. The van der Waals surface area contributed by atoms with Gasteiger partial charge in [0.1, 0.15) is 18.1 Å². The number of carbonyl (C=O) groups excluding carboxylic acids is 1. The lowest BCUT2D eigenvalue weighted by atomic mass is 10.2. The molecular formula is C20H24N2O4S. The minimum atomic E-state index is -0.311. The SMILES string of the molecule is COCCOc1cccc(NC(=S)NC(=O)c2cccc(OC(C)C)c2)c1. The summed E-state index contributed by atoms with van der Waals surface area (Å²) in [5, 5.41) is 5.84. The molecule has 0 saturated carbocycles. The maximum atomic E-state index is 12.4. The highest BCUT2D eigenvalue weighted by Crippen LogP contribution is 2.18. The molecule has 0 saturated heterocycles. The summed E-state index contributed by atoms with van der Waals surface area (Å²) >= 11 is 5.23. The Morgan fingerprint density at radius 3 is 2.56 bits per heavy atom. The molecule has 0 heterocycles. The van der Waals surface area contributed by atoms with Crippen molar-refractivity contribution >= 4 is 28.9 Å². The van der Waals surface area contributed by atoms with E-state index >= 15 is 0 Å². The molecule has 0 aliphatic carbocycles. The van der Waals surface area contributed by atoms with Gasteiger partial charge in [-0.3, -0.25) is 10.1 Å². The third kappa shape index (κ3) is 7.24. The van der Waals surface area contributed by atoms with E-state index in [4.69, 9.17) is 26.4 Å². The maximum absolute atomic E-state index is 12.4. The molecule has 144 valence electrons. The van der Waals surface area contributed by atoms with Crippen molar-refractivity contribution in [2.75, 3.05) is 25.6 Å². The summed E-state index contributed by atoms with van der Waals surface area (Å²) < 4.78 is 16.1. The van der Waals surface area contributed by atoms with Gasteiger partial charge in [0.25, 0.3) is 5.91 Å². The van der Waals surface area contributed by atoms with Crippen molar-refractivity contribution in [2.24, 2.45) is 0 Å². The molecule has 2 rings (SSSR count). The number of thiocarbonyl (C=S) groups is 1. The predicted octanol–water partition coefficient (Wildman–Crippen LogP) is 3.63. The molecule has 0 aliphatic rings. The van der Waals surface area contributed by atoms with Gasteiger partial charge in [0.15, 0.2) is 5.11 Å². The summed E-state index contributed by atoms with van der Waals surface area (Å²) in [4.78, 5) is 12.4. The number of amides is 1. The third-order valence-electron chi connectivity index (χ3n) is 3.34. The van der Waals surface area contributed by atoms with E-state index in [1.165, 1.54) is 0 Å². The fourth-order valence-corrected chi connectivity index (χ4v) is 2.44. The van der Waals surface area contributed by atoms with Gasteiger partial charge in [-0.15, -0.1) is 0 Å². The van der Waals surface area contributed by atoms with E-state index in [0.717, 1.165) is 0 Å². The molecule has 0 bridgehead atoms. The zero-order valence-corrected chi connectivity index (χ0v) is 16.5. The summed E-state index contributed by atoms with van der Waals surface area (Å²) in [5.41, 5.74) is 1.18. The van der Waals surface area contributed by atoms with Gasteiger partial charge in [0.2, 0.25) is 0 Å². The van der Waals surface area contributed by atoms with Crippen molar-refractivity contribution in [3.05, 3.63) is 54.1 Å². The van der Waals surface area contributed by atoms with E-state index in [-0.39, 0.29) is 17.1 Å². The van der Waals surface area contributed by atoms with Crippen LogP contribution in [0.15, 0.2) is 48.5 Å². The molecule has 0 aliphatic heterocycles. The van der Waals surface area contributed by atoms with Crippen LogP contribution < -0.4 is 20.1 Å². The minimum absolute atomic E-state index is 0.0319. The van der Waals surface area contributed by atoms with Crippen LogP contribution in [0.5, 0.6) is 11.5 Å². The first kappa shape index (κ1) is 20.7. The van der Waals surface area contributed by atoms with Crippen LogP contribution in [-0.2, 0) is 4.74 Å². The second-order valence-corrected chi connectivity index (χ2v) is 6.38. The summed E-state index contributed by atoms with van der Waals surface area (Å²) in [7, 11) is 1.62. The van der Waals surface area contributed by atoms with E-state index in [1.807, 2.05) is 38.1 Å². The van der Waals surface area contributed by atoms with Crippen molar-refractivity contribution in [2.45, 2.75) is 20.0 Å². The molecule has 2 aromatic rings. The smallest absolute Gasteiger partial charge is 0.257 e. The average molecular weight is 388 g/mol. The quantitative estimate of drug-likeness (QED) is 0.532. The number of benzene rings is 2. The molecule has 0 unspecified atom stereocenters. The van der Waals surface area contributed by atoms with Gasteiger partial charge in [-0.1, -0.05) is 12.1 Å². The molecule has 2 aromatic carbocycles. The number of hydrogen-bond acceptors (Lipinski definition) is 5. The third-order valence-corrected chi connectivity index (χ3v) is 3.55. The molecule has 0 atom stereocenters. The minimum Gasteiger partial charge on any atom is -0.491 e. The summed E-state index contributed by atoms with van der Waals surface area (Å²) in [6.45, 7) is 4.82. The van der Waals surface area contributed by atoms with Crippen LogP contribution in [0.3, 0.4) is 0 Å². The standard InChI is InChI=1S/C20H24N2O4S/c1-14(2)26-18-9-4-6-15(12-18)19(23)22-20(27)21-16-7-5-8-17(13-16)25-11-10-24-3/h4-9,12-14H,10-11H2,1-3H3,(H2,21,22,23,27). The molecule has 0 fully saturated rings. The predicted molar refractivity (Wildman–Crippen MR) is 110 cm³/mol. The van der Waals surface area contributed by atoms with Crippen LogP contribution in [0.25, 0.3) is 0 Å². The van der Waals surface area contributed by atoms with Crippen molar-refractivity contribution in [1.29, 1.82) is 0 Å². The Morgan fingerprint density at radius 1 is 1.07 bits per heavy atom. The molecule has 6 nitrogen and oxygen atoms in total. The van der Waals surface area contributed by atoms with Crippen molar-refractivity contribution in [3.63, 3.8) is 0 Å². The Morgan fingerprint density at radius 2 is 1.81 bits per heavy atom. The van der Waals surface area contributed by atoms with Gasteiger partial charge in [-0.25, -0.2) is 0 Å². The van der Waals surface area contributed by atoms with E-state index in [1.54, 1.807) is 31.4 Å². The Labute approximate surface area is 164 Å². The Bertz CT molecular complexity index is 780. The normalized spacial score (nSPS) is 10.4. The number of methoxy groups -OCH3 is 1. The number of hydrogen-bond donors (Lipinski definition) is 2. The second kappa shape index (κ2) is 10.5. The van der Waals surface area contributed by atoms with Crippen LogP contribution in [0.1, 0.15) is 24.2 Å². The molecule has 7 heteroatoms. The summed E-state index contributed by atoms with van der Waals surface area (Å²) in [5.74, 6) is 1.01. The van der Waals surface area contributed by atoms with Gasteiger partial charge < -0.3 is 19.5 Å². The average Bonchev–Trinajstić information content (AvgIpc) is 2.62. The highest BCUT2D eigenvalue weighted by atomic mass is 32.1. The maximum Gasteiger partial charge on any atom is 0.257 e. The molecule has 0 radical (unpaired) electrons. The van der Waals surface area contributed by atoms with Crippen LogP contribution >= 0.6 is 12.2 Å². The molecule has 0 spiro atoms. The Hall–Kier alpha value is -2.64. The molecule has 2 N–H and O–H groups in total. The zero-order valence-electron chi connectivity index (χ0n) is 15.7. The zero-order chi connectivity index (χ0) is 19.6. The fraction of sp³-hybridized carbons (Fsp3) is 0.300. The van der Waals surface area contributed by atoms with Crippen LogP contribution in [0.2, 0.25) is 0 Å². The van der Waals surface area contributed by atoms with Gasteiger partial charge in [-0.2, -0.15) is 0 Å². The number of ether oxygens (including phenoxy) is 3. The first-order chi connectivity index (χ1) is 13.0. The van der Waals surface area contributed by atoms with Gasteiger partial charge in [0.05, 0.1) is 12.7 Å². The summed E-state index contributed by atoms with van der Waals surface area (Å²) in [6.07, 6.45) is 0.0319. The number of rotatable bonds is 8. The lowest BCUT2D eigenvalue weighted by molar-refractivity contribution is 0.0977. The van der Waals surface area contributed by atoms with Crippen LogP contribution in [-0.4, -0.2) is 37.4 Å². The van der Waals surface area contributed by atoms with E-state index in [9.17, 15) is 4.79 Å². The fourth-order valence-electron chi connectivity index (χ4n) is 2.23. The summed E-state index contributed by atoms with van der Waals surface area (Å²) in [6, 6.07) is 14.3. The van der Waals surface area contributed by atoms with Gasteiger partial charge in [0, 0.05) is 24.4 Å². The molecular weight excluding hydrogens is 364 g/mol. The number of carbonyl (C=O) groups is 1. The van der Waals surface area contributed by atoms with Crippen molar-refractivity contribution in [1.82, 2.24) is 5.32 Å². The number of nitrogens with one attached hydrogen (secondary N) is 2. The Balaban J connectivity index is 1.93. The lowest BCUT2D eigenvalue weighted by Crippen LogP contribution is -2.34. The largest absolute Gasteiger partial charge is 0.491 e. The molecule has 1 amide bonds. The lowest BCUT2D eigenvalue weighted by Gasteiger charge is -2.13. The number of anilines is 1. The first-order valence-electron chi connectivity index (χ1n) is 8.59. The van der Waals surface area contributed by atoms with Crippen molar-refractivity contribution < 1.29 is 19.0 Å². The van der Waals surface area contributed by atoms with Gasteiger partial charge >= 0.3 is 0 Å². The highest BCUT2D eigenvalue weighted by molar-refractivity contribution is 7.80. The molecule has 0 aromatic heterocycles. The Kier molecular flexibility index (Phi) is 8.03. The second-order valence-electron chi connectivity index (χ2n) is 5.97. The van der Waals surface area contributed by atoms with Crippen LogP contribution in [0.4, 0.5) is 5.69 Å².